The molecule has 2 aromatic heterocycles. The molecule has 1 aromatic carbocycles. The van der Waals surface area contributed by atoms with Gasteiger partial charge in [-0.1, -0.05) is 12.1 Å². The van der Waals surface area contributed by atoms with E-state index in [-0.39, 0.29) is 17.9 Å². The number of benzene rings is 1. The molecule has 9 nitrogen and oxygen atoms in total. The van der Waals surface area contributed by atoms with E-state index >= 15 is 0 Å². The molecule has 0 saturated heterocycles. The Bertz CT molecular complexity index is 899. The number of aromatic nitrogens is 6. The first-order valence-electron chi connectivity index (χ1n) is 7.38. The van der Waals surface area contributed by atoms with Crippen molar-refractivity contribution in [2.45, 2.75) is 13.3 Å². The van der Waals surface area contributed by atoms with E-state index in [0.717, 1.165) is 15.9 Å². The highest BCUT2D eigenvalue weighted by atomic mass is 19.1. The predicted octanol–water partition coefficient (Wildman–Crippen LogP) is 0.536. The van der Waals surface area contributed by atoms with Gasteiger partial charge >= 0.3 is 0 Å². The van der Waals surface area contributed by atoms with Gasteiger partial charge in [0.15, 0.2) is 0 Å². The van der Waals surface area contributed by atoms with Gasteiger partial charge in [0.25, 0.3) is 0 Å². The van der Waals surface area contributed by atoms with E-state index < -0.39 is 5.95 Å². The molecule has 0 fully saturated rings. The first-order chi connectivity index (χ1) is 12.0. The Hall–Kier alpha value is -3.43. The molecule has 0 bridgehead atoms. The largest absolute Gasteiger partial charge is 0.273 e. The van der Waals surface area contributed by atoms with E-state index in [1.165, 1.54) is 24.3 Å². The Labute approximate surface area is 142 Å². The zero-order valence-electron chi connectivity index (χ0n) is 13.6. The van der Waals surface area contributed by atoms with Gasteiger partial charge < -0.3 is 0 Å². The maximum Gasteiger partial charge on any atom is 0.244 e. The maximum absolute atomic E-state index is 13.7. The number of aryl methyl sites for hydroxylation is 2. The number of rotatable bonds is 5. The van der Waals surface area contributed by atoms with E-state index in [1.807, 2.05) is 0 Å². The lowest BCUT2D eigenvalue weighted by molar-refractivity contribution is -0.120. The molecule has 0 aliphatic rings. The molecule has 0 aliphatic carbocycles. The molecule has 0 spiro atoms. The van der Waals surface area contributed by atoms with Gasteiger partial charge in [-0.05, 0) is 35.0 Å². The second kappa shape index (κ2) is 6.99. The second-order valence-electron chi connectivity index (χ2n) is 5.30. The van der Waals surface area contributed by atoms with Crippen molar-refractivity contribution in [3.05, 3.63) is 53.4 Å². The molecular weight excluding hydrogens is 327 g/mol. The van der Waals surface area contributed by atoms with E-state index in [4.69, 9.17) is 0 Å². The molecule has 1 amide bonds. The average molecular weight is 342 g/mol. The Morgan fingerprint density at radius 2 is 2.12 bits per heavy atom. The van der Waals surface area contributed by atoms with Gasteiger partial charge in [0, 0.05) is 7.05 Å². The number of halogens is 1. The minimum atomic E-state index is -0.506. The summed E-state index contributed by atoms with van der Waals surface area (Å²) in [6.45, 7) is 1.67. The highest BCUT2D eigenvalue weighted by Crippen LogP contribution is 2.09. The highest BCUT2D eigenvalue weighted by molar-refractivity contribution is 5.84. The fourth-order valence-corrected chi connectivity index (χ4v) is 2.23. The molecule has 128 valence electrons. The molecule has 0 saturated carbocycles. The molecule has 3 rings (SSSR count). The third kappa shape index (κ3) is 3.74. The van der Waals surface area contributed by atoms with Crippen LogP contribution in [0.1, 0.15) is 16.8 Å². The Kier molecular flexibility index (Phi) is 4.59. The fourth-order valence-electron chi connectivity index (χ4n) is 2.23. The normalized spacial score (nSPS) is 11.2. The summed E-state index contributed by atoms with van der Waals surface area (Å²) in [7, 11) is 1.50. The van der Waals surface area contributed by atoms with Crippen LogP contribution in [0.3, 0.4) is 0 Å². The van der Waals surface area contributed by atoms with Crippen LogP contribution in [-0.2, 0) is 18.3 Å². The quantitative estimate of drug-likeness (QED) is 0.538. The zero-order chi connectivity index (χ0) is 17.8. The van der Waals surface area contributed by atoms with Crippen LogP contribution in [0.2, 0.25) is 0 Å². The van der Waals surface area contributed by atoms with Crippen molar-refractivity contribution < 1.29 is 9.18 Å². The lowest BCUT2D eigenvalue weighted by Gasteiger charge is -2.03. The maximum atomic E-state index is 13.7. The van der Waals surface area contributed by atoms with Crippen LogP contribution in [-0.4, -0.2) is 42.1 Å². The molecule has 1 N–H and O–H groups in total. The predicted molar refractivity (Wildman–Crippen MR) is 86.5 cm³/mol. The van der Waals surface area contributed by atoms with Crippen molar-refractivity contribution in [3.63, 3.8) is 0 Å². The van der Waals surface area contributed by atoms with Crippen LogP contribution in [0.25, 0.3) is 5.69 Å². The van der Waals surface area contributed by atoms with E-state index in [0.29, 0.717) is 5.69 Å². The monoisotopic (exact) mass is 342 g/mol. The van der Waals surface area contributed by atoms with Crippen molar-refractivity contribution in [2.75, 3.05) is 0 Å². The van der Waals surface area contributed by atoms with Crippen molar-refractivity contribution in [2.24, 2.45) is 12.1 Å². The molecule has 0 atom stereocenters. The average Bonchev–Trinajstić information content (AvgIpc) is 3.20. The van der Waals surface area contributed by atoms with Crippen LogP contribution in [0, 0.1) is 12.9 Å². The van der Waals surface area contributed by atoms with Crippen molar-refractivity contribution in [1.82, 2.24) is 35.4 Å². The Morgan fingerprint density at radius 1 is 1.36 bits per heavy atom. The van der Waals surface area contributed by atoms with Gasteiger partial charge in [-0.15, -0.1) is 5.10 Å². The van der Waals surface area contributed by atoms with Crippen LogP contribution in [0.15, 0.2) is 35.7 Å². The van der Waals surface area contributed by atoms with Gasteiger partial charge in [0.2, 0.25) is 11.9 Å². The van der Waals surface area contributed by atoms with Crippen LogP contribution in [0.4, 0.5) is 4.39 Å². The molecule has 3 aromatic rings. The number of nitrogens with zero attached hydrogens (tertiary/aromatic N) is 7. The second-order valence-corrected chi connectivity index (χ2v) is 5.30. The van der Waals surface area contributed by atoms with Crippen molar-refractivity contribution in [1.29, 1.82) is 0 Å². The van der Waals surface area contributed by atoms with E-state index in [2.05, 4.69) is 31.2 Å². The Morgan fingerprint density at radius 3 is 2.72 bits per heavy atom. The van der Waals surface area contributed by atoms with Crippen molar-refractivity contribution in [3.8, 4) is 5.69 Å². The number of tetrazole rings is 1. The summed E-state index contributed by atoms with van der Waals surface area (Å²) in [5.41, 5.74) is 4.70. The van der Waals surface area contributed by atoms with Crippen LogP contribution >= 0.6 is 0 Å². The summed E-state index contributed by atoms with van der Waals surface area (Å²) < 4.78 is 16.4. The minimum absolute atomic E-state index is 0.141. The van der Waals surface area contributed by atoms with Crippen molar-refractivity contribution >= 4 is 12.1 Å². The lowest BCUT2D eigenvalue weighted by Crippen LogP contribution is -2.19. The third-order valence-corrected chi connectivity index (χ3v) is 3.49. The summed E-state index contributed by atoms with van der Waals surface area (Å²) >= 11 is 0. The van der Waals surface area contributed by atoms with E-state index in [1.54, 1.807) is 31.2 Å². The van der Waals surface area contributed by atoms with Gasteiger partial charge in [-0.25, -0.2) is 14.8 Å². The van der Waals surface area contributed by atoms with Gasteiger partial charge in [-0.2, -0.15) is 14.6 Å². The highest BCUT2D eigenvalue weighted by Gasteiger charge is 2.10. The number of nitrogens with one attached hydrogen (secondary N) is 1. The zero-order valence-corrected chi connectivity index (χ0v) is 13.6. The van der Waals surface area contributed by atoms with E-state index in [9.17, 15) is 9.18 Å². The standard InChI is InChI=1S/C15H15FN8O/c1-10-13(15(16)23(2)20-10)8-17-19-14(25)7-11-3-5-12(6-4-11)24-9-18-21-22-24/h3-6,8-9H,7H2,1-2H3,(H,19,25). The Balaban J connectivity index is 1.58. The molecular formula is C15H15FN8O. The molecule has 10 heteroatoms. The third-order valence-electron chi connectivity index (χ3n) is 3.49. The molecule has 25 heavy (non-hydrogen) atoms. The molecule has 0 aliphatic heterocycles. The number of carbonyl (C=O) groups is 1. The summed E-state index contributed by atoms with van der Waals surface area (Å²) in [6, 6.07) is 7.20. The smallest absolute Gasteiger partial charge is 0.244 e. The van der Waals surface area contributed by atoms with Crippen LogP contribution in [0.5, 0.6) is 0 Å². The van der Waals surface area contributed by atoms with Gasteiger partial charge in [0.1, 0.15) is 6.33 Å². The van der Waals surface area contributed by atoms with Gasteiger partial charge in [0.05, 0.1) is 29.6 Å². The number of hydrogen-bond acceptors (Lipinski definition) is 6. The fraction of sp³-hybridized carbons (Fsp3) is 0.200. The molecule has 0 unspecified atom stereocenters. The number of hydrogen-bond donors (Lipinski definition) is 1. The minimum Gasteiger partial charge on any atom is -0.273 e. The van der Waals surface area contributed by atoms with Crippen LogP contribution < -0.4 is 5.43 Å². The summed E-state index contributed by atoms with van der Waals surface area (Å²) in [4.78, 5) is 11.9. The molecule has 0 radical (unpaired) electrons. The first-order valence-corrected chi connectivity index (χ1v) is 7.38. The summed E-state index contributed by atoms with van der Waals surface area (Å²) in [6.07, 6.45) is 2.87. The topological polar surface area (TPSA) is 103 Å². The summed E-state index contributed by atoms with van der Waals surface area (Å²) in [5.74, 6) is -0.818. The lowest BCUT2D eigenvalue weighted by atomic mass is 10.1. The SMILES string of the molecule is Cc1nn(C)c(F)c1C=NNC(=O)Cc1ccc(-n2cnnn2)cc1. The molecule has 2 heterocycles. The number of carbonyl (C=O) groups excluding carboxylic acids is 1. The number of amides is 1. The number of hydrazone groups is 1. The van der Waals surface area contributed by atoms with Gasteiger partial charge in [-0.3, -0.25) is 4.79 Å². The summed E-state index contributed by atoms with van der Waals surface area (Å²) in [5, 5.41) is 18.6. The first kappa shape index (κ1) is 16.4.